The first-order valence-electron chi connectivity index (χ1n) is 6.93. The zero-order chi connectivity index (χ0) is 12.8. The lowest BCUT2D eigenvalue weighted by molar-refractivity contribution is 0.0111. The van der Waals surface area contributed by atoms with Crippen LogP contribution < -0.4 is 0 Å². The summed E-state index contributed by atoms with van der Waals surface area (Å²) in [5.41, 5.74) is 0. The van der Waals surface area contributed by atoms with E-state index >= 15 is 0 Å². The zero-order valence-corrected chi connectivity index (χ0v) is 12.7. The molecule has 0 saturated carbocycles. The van der Waals surface area contributed by atoms with Crippen LogP contribution in [0.2, 0.25) is 0 Å². The maximum Gasteiger partial charge on any atom is 0.143 e. The third-order valence-electron chi connectivity index (χ3n) is 3.43. The van der Waals surface area contributed by atoms with Crippen LogP contribution in [-0.4, -0.2) is 27.5 Å². The first-order chi connectivity index (χ1) is 8.85. The highest BCUT2D eigenvalue weighted by Crippen LogP contribution is 2.18. The molecule has 0 aliphatic carbocycles. The van der Waals surface area contributed by atoms with Gasteiger partial charge in [0, 0.05) is 19.6 Å². The molecule has 1 atom stereocenters. The molecule has 0 radical (unpaired) electrons. The molecule has 1 aliphatic rings. The van der Waals surface area contributed by atoms with Crippen LogP contribution >= 0.6 is 15.9 Å². The average molecular weight is 316 g/mol. The van der Waals surface area contributed by atoms with Crippen LogP contribution in [0.15, 0.2) is 0 Å². The molecule has 5 heteroatoms. The predicted octanol–water partition coefficient (Wildman–Crippen LogP) is 3.08. The number of hydrogen-bond donors (Lipinski definition) is 0. The number of halogens is 1. The molecule has 0 N–H and O–H groups in total. The minimum absolute atomic E-state index is 0.429. The standard InChI is InChI=1S/C13H22BrN3O/c1-2-8-17-12(15-16-13(17)10-14)7-6-11-5-3-4-9-18-11/h11H,2-10H2,1H3. The lowest BCUT2D eigenvalue weighted by Gasteiger charge is -2.22. The SMILES string of the molecule is CCCn1c(CBr)nnc1CCC1CCCCO1. The molecule has 2 rings (SSSR count). The summed E-state index contributed by atoms with van der Waals surface area (Å²) in [6.07, 6.45) is 7.32. The van der Waals surface area contributed by atoms with Crippen molar-refractivity contribution in [2.24, 2.45) is 0 Å². The molecule has 4 nitrogen and oxygen atoms in total. The van der Waals surface area contributed by atoms with Crippen molar-refractivity contribution < 1.29 is 4.74 Å². The number of ether oxygens (including phenoxy) is 1. The normalized spacial score (nSPS) is 20.2. The largest absolute Gasteiger partial charge is 0.378 e. The van der Waals surface area contributed by atoms with Gasteiger partial charge in [-0.3, -0.25) is 0 Å². The Morgan fingerprint density at radius 3 is 2.83 bits per heavy atom. The fraction of sp³-hybridized carbons (Fsp3) is 0.846. The maximum atomic E-state index is 5.77. The van der Waals surface area contributed by atoms with Crippen molar-refractivity contribution in [1.82, 2.24) is 14.8 Å². The van der Waals surface area contributed by atoms with Gasteiger partial charge >= 0.3 is 0 Å². The molecule has 0 amide bonds. The Labute approximate surface area is 117 Å². The van der Waals surface area contributed by atoms with E-state index in [1.807, 2.05) is 0 Å². The third kappa shape index (κ3) is 3.54. The molecule has 0 bridgehead atoms. The van der Waals surface area contributed by atoms with Crippen molar-refractivity contribution in [3.8, 4) is 0 Å². The molecule has 1 fully saturated rings. The summed E-state index contributed by atoms with van der Waals surface area (Å²) >= 11 is 3.47. The van der Waals surface area contributed by atoms with Crippen molar-refractivity contribution in [1.29, 1.82) is 0 Å². The van der Waals surface area contributed by atoms with Crippen LogP contribution in [0.1, 0.15) is 50.7 Å². The van der Waals surface area contributed by atoms with Gasteiger partial charge in [-0.2, -0.15) is 0 Å². The molecule has 1 aromatic rings. The van der Waals surface area contributed by atoms with E-state index < -0.39 is 0 Å². The van der Waals surface area contributed by atoms with E-state index in [4.69, 9.17) is 4.74 Å². The minimum atomic E-state index is 0.429. The van der Waals surface area contributed by atoms with Crippen LogP contribution in [0.25, 0.3) is 0 Å². The van der Waals surface area contributed by atoms with Crippen molar-refractivity contribution >= 4 is 15.9 Å². The number of aryl methyl sites for hydroxylation is 1. The Morgan fingerprint density at radius 2 is 2.17 bits per heavy atom. The van der Waals surface area contributed by atoms with Gasteiger partial charge in [0.1, 0.15) is 11.6 Å². The summed E-state index contributed by atoms with van der Waals surface area (Å²) in [7, 11) is 0. The summed E-state index contributed by atoms with van der Waals surface area (Å²) in [6.45, 7) is 4.12. The van der Waals surface area contributed by atoms with Crippen LogP contribution in [0.5, 0.6) is 0 Å². The van der Waals surface area contributed by atoms with E-state index in [0.29, 0.717) is 6.10 Å². The van der Waals surface area contributed by atoms with Crippen molar-refractivity contribution in [2.75, 3.05) is 6.61 Å². The quantitative estimate of drug-likeness (QED) is 0.757. The number of nitrogens with zero attached hydrogens (tertiary/aromatic N) is 3. The van der Waals surface area contributed by atoms with E-state index in [0.717, 1.165) is 49.4 Å². The number of rotatable bonds is 6. The Bertz CT molecular complexity index is 361. The van der Waals surface area contributed by atoms with Gasteiger partial charge in [0.05, 0.1) is 11.4 Å². The van der Waals surface area contributed by atoms with Gasteiger partial charge in [-0.15, -0.1) is 10.2 Å². The summed E-state index contributed by atoms with van der Waals surface area (Å²) in [5, 5.41) is 9.34. The van der Waals surface area contributed by atoms with E-state index in [9.17, 15) is 0 Å². The van der Waals surface area contributed by atoms with Gasteiger partial charge in [-0.1, -0.05) is 22.9 Å². The fourth-order valence-corrected chi connectivity index (χ4v) is 2.88. The molecule has 2 heterocycles. The molecule has 0 spiro atoms. The first-order valence-corrected chi connectivity index (χ1v) is 8.05. The summed E-state index contributed by atoms with van der Waals surface area (Å²) in [6, 6.07) is 0. The smallest absolute Gasteiger partial charge is 0.143 e. The molecule has 1 unspecified atom stereocenters. The van der Waals surface area contributed by atoms with E-state index in [1.54, 1.807) is 0 Å². The van der Waals surface area contributed by atoms with Crippen molar-refractivity contribution in [3.63, 3.8) is 0 Å². The summed E-state index contributed by atoms with van der Waals surface area (Å²) in [5.74, 6) is 2.15. The van der Waals surface area contributed by atoms with E-state index in [1.165, 1.54) is 19.3 Å². The Balaban J connectivity index is 1.93. The first kappa shape index (κ1) is 14.0. The predicted molar refractivity (Wildman–Crippen MR) is 74.9 cm³/mol. The minimum Gasteiger partial charge on any atom is -0.378 e. The highest BCUT2D eigenvalue weighted by atomic mass is 79.9. The van der Waals surface area contributed by atoms with Gasteiger partial charge < -0.3 is 9.30 Å². The molecular weight excluding hydrogens is 294 g/mol. The molecule has 1 aliphatic heterocycles. The molecule has 1 saturated heterocycles. The lowest BCUT2D eigenvalue weighted by atomic mass is 10.0. The Kier molecular flexibility index (Phi) is 5.63. The Morgan fingerprint density at radius 1 is 1.33 bits per heavy atom. The highest BCUT2D eigenvalue weighted by molar-refractivity contribution is 9.08. The van der Waals surface area contributed by atoms with Crippen LogP contribution in [0, 0.1) is 0 Å². The Hall–Kier alpha value is -0.420. The third-order valence-corrected chi connectivity index (χ3v) is 3.94. The zero-order valence-electron chi connectivity index (χ0n) is 11.1. The van der Waals surface area contributed by atoms with Crippen LogP contribution in [0.3, 0.4) is 0 Å². The van der Waals surface area contributed by atoms with Crippen molar-refractivity contribution in [3.05, 3.63) is 11.6 Å². The van der Waals surface area contributed by atoms with E-state index in [-0.39, 0.29) is 0 Å². The number of hydrogen-bond acceptors (Lipinski definition) is 3. The monoisotopic (exact) mass is 315 g/mol. The molecule has 1 aromatic heterocycles. The van der Waals surface area contributed by atoms with Crippen LogP contribution in [0.4, 0.5) is 0 Å². The second kappa shape index (κ2) is 7.24. The van der Waals surface area contributed by atoms with Gasteiger partial charge in [0.15, 0.2) is 0 Å². The maximum absolute atomic E-state index is 5.77. The molecule has 0 aromatic carbocycles. The summed E-state index contributed by atoms with van der Waals surface area (Å²) < 4.78 is 8.01. The van der Waals surface area contributed by atoms with Gasteiger partial charge in [0.2, 0.25) is 0 Å². The second-order valence-electron chi connectivity index (χ2n) is 4.84. The van der Waals surface area contributed by atoms with Crippen molar-refractivity contribution in [2.45, 2.75) is 63.4 Å². The molecule has 18 heavy (non-hydrogen) atoms. The van der Waals surface area contributed by atoms with E-state index in [2.05, 4.69) is 37.6 Å². The molecule has 102 valence electrons. The molecular formula is C13H22BrN3O. The second-order valence-corrected chi connectivity index (χ2v) is 5.41. The average Bonchev–Trinajstić information content (AvgIpc) is 2.80. The summed E-state index contributed by atoms with van der Waals surface area (Å²) in [4.78, 5) is 0. The number of alkyl halides is 1. The number of aromatic nitrogens is 3. The van der Waals surface area contributed by atoms with Crippen LogP contribution in [-0.2, 0) is 23.0 Å². The lowest BCUT2D eigenvalue weighted by Crippen LogP contribution is -2.20. The fourth-order valence-electron chi connectivity index (χ4n) is 2.46. The van der Waals surface area contributed by atoms with Gasteiger partial charge in [0.25, 0.3) is 0 Å². The highest BCUT2D eigenvalue weighted by Gasteiger charge is 2.16. The van der Waals surface area contributed by atoms with Gasteiger partial charge in [-0.05, 0) is 32.1 Å². The van der Waals surface area contributed by atoms with Gasteiger partial charge in [-0.25, -0.2) is 0 Å². The topological polar surface area (TPSA) is 39.9 Å².